The molecule has 0 aliphatic heterocycles. The number of hydrogen-bond donors (Lipinski definition) is 0. The number of aromatic nitrogens is 2. The molecule has 0 unspecified atom stereocenters. The normalized spacial score (nSPS) is 10.9. The van der Waals surface area contributed by atoms with E-state index >= 15 is 0 Å². The van der Waals surface area contributed by atoms with Crippen LogP contribution in [0, 0.1) is 11.3 Å². The van der Waals surface area contributed by atoms with Gasteiger partial charge in [-0.3, -0.25) is 0 Å². The third-order valence-corrected chi connectivity index (χ3v) is 3.80. The fourth-order valence-corrected chi connectivity index (χ4v) is 2.58. The molecule has 0 N–H and O–H groups in total. The van der Waals surface area contributed by atoms with E-state index in [1.807, 2.05) is 48.5 Å². The van der Waals surface area contributed by atoms with Crippen molar-refractivity contribution in [3.05, 3.63) is 84.8 Å². The van der Waals surface area contributed by atoms with Gasteiger partial charge in [-0.1, -0.05) is 30.3 Å². The number of azo groups is 1. The standard InChI is InChI=1S/C20H13N5O/c21-13-15-7-4-5-10-17(15)23-24-18-14-22-25(16-8-2-1-3-9-16)20(18)19-11-6-12-26-19/h1-12,14H. The fourth-order valence-electron chi connectivity index (χ4n) is 2.58. The maximum atomic E-state index is 9.19. The van der Waals surface area contributed by atoms with Gasteiger partial charge in [0.15, 0.2) is 5.76 Å². The minimum absolute atomic E-state index is 0.464. The second-order valence-corrected chi connectivity index (χ2v) is 5.43. The number of nitrogens with zero attached hydrogens (tertiary/aromatic N) is 5. The number of rotatable bonds is 4. The molecule has 0 saturated heterocycles. The predicted molar refractivity (Wildman–Crippen MR) is 96.6 cm³/mol. The number of furan rings is 1. The quantitative estimate of drug-likeness (QED) is 0.466. The van der Waals surface area contributed by atoms with Crippen molar-refractivity contribution in [2.75, 3.05) is 0 Å². The molecule has 0 aliphatic carbocycles. The van der Waals surface area contributed by atoms with E-state index in [1.165, 1.54) is 0 Å². The van der Waals surface area contributed by atoms with Crippen LogP contribution in [0.4, 0.5) is 11.4 Å². The van der Waals surface area contributed by atoms with Crippen LogP contribution in [-0.4, -0.2) is 9.78 Å². The first-order valence-corrected chi connectivity index (χ1v) is 7.95. The van der Waals surface area contributed by atoms with Crippen LogP contribution in [0.3, 0.4) is 0 Å². The minimum Gasteiger partial charge on any atom is -0.463 e. The molecule has 2 aromatic carbocycles. The smallest absolute Gasteiger partial charge is 0.154 e. The Morgan fingerprint density at radius 3 is 2.42 bits per heavy atom. The molecule has 0 spiro atoms. The van der Waals surface area contributed by atoms with Gasteiger partial charge >= 0.3 is 0 Å². The Hall–Kier alpha value is -3.98. The molecular weight excluding hydrogens is 326 g/mol. The molecule has 0 bridgehead atoms. The molecule has 0 saturated carbocycles. The topological polar surface area (TPSA) is 79.5 Å². The van der Waals surface area contributed by atoms with Gasteiger partial charge in [-0.05, 0) is 36.4 Å². The Balaban J connectivity index is 1.81. The summed E-state index contributed by atoms with van der Waals surface area (Å²) in [6.45, 7) is 0. The van der Waals surface area contributed by atoms with Crippen LogP contribution in [0.5, 0.6) is 0 Å². The van der Waals surface area contributed by atoms with Crippen molar-refractivity contribution >= 4 is 11.4 Å². The van der Waals surface area contributed by atoms with Crippen LogP contribution < -0.4 is 0 Å². The summed E-state index contributed by atoms with van der Waals surface area (Å²) in [6.07, 6.45) is 3.23. The van der Waals surface area contributed by atoms with Crippen molar-refractivity contribution in [2.24, 2.45) is 10.2 Å². The summed E-state index contributed by atoms with van der Waals surface area (Å²) in [5, 5.41) is 22.2. The van der Waals surface area contributed by atoms with Gasteiger partial charge in [0.25, 0.3) is 0 Å². The summed E-state index contributed by atoms with van der Waals surface area (Å²) in [7, 11) is 0. The molecule has 6 nitrogen and oxygen atoms in total. The highest BCUT2D eigenvalue weighted by atomic mass is 16.3. The molecule has 26 heavy (non-hydrogen) atoms. The van der Waals surface area contributed by atoms with Crippen LogP contribution in [0.1, 0.15) is 5.56 Å². The van der Waals surface area contributed by atoms with Gasteiger partial charge in [0.05, 0.1) is 23.7 Å². The Labute approximate surface area is 149 Å². The summed E-state index contributed by atoms with van der Waals surface area (Å²) < 4.78 is 7.32. The summed E-state index contributed by atoms with van der Waals surface area (Å²) in [5.74, 6) is 0.633. The first kappa shape index (κ1) is 15.5. The van der Waals surface area contributed by atoms with Crippen LogP contribution >= 0.6 is 0 Å². The van der Waals surface area contributed by atoms with Crippen molar-refractivity contribution in [3.8, 4) is 23.2 Å². The number of hydrogen-bond acceptors (Lipinski definition) is 5. The number of benzene rings is 2. The van der Waals surface area contributed by atoms with Crippen LogP contribution in [-0.2, 0) is 0 Å². The average molecular weight is 339 g/mol. The van der Waals surface area contributed by atoms with Gasteiger partial charge in [-0.25, -0.2) is 4.68 Å². The molecule has 0 fully saturated rings. The second kappa shape index (κ2) is 6.87. The van der Waals surface area contributed by atoms with Gasteiger partial charge in [0.2, 0.25) is 0 Å². The zero-order valence-corrected chi connectivity index (χ0v) is 13.6. The molecule has 0 aliphatic rings. The molecule has 2 heterocycles. The Kier molecular flexibility index (Phi) is 4.11. The summed E-state index contributed by atoms with van der Waals surface area (Å²) in [6, 6.07) is 22.5. The summed E-state index contributed by atoms with van der Waals surface area (Å²) >= 11 is 0. The Bertz CT molecular complexity index is 1090. The largest absolute Gasteiger partial charge is 0.463 e. The SMILES string of the molecule is N#Cc1ccccc1N=Nc1cnn(-c2ccccc2)c1-c1ccco1. The minimum atomic E-state index is 0.464. The zero-order chi connectivity index (χ0) is 17.8. The lowest BCUT2D eigenvalue weighted by Crippen LogP contribution is -1.97. The lowest BCUT2D eigenvalue weighted by Gasteiger charge is -2.05. The van der Waals surface area contributed by atoms with Crippen LogP contribution in [0.2, 0.25) is 0 Å². The maximum Gasteiger partial charge on any atom is 0.154 e. The lowest BCUT2D eigenvalue weighted by molar-refractivity contribution is 0.577. The molecule has 2 aromatic heterocycles. The van der Waals surface area contributed by atoms with E-state index in [0.29, 0.717) is 28.4 Å². The van der Waals surface area contributed by atoms with Crippen molar-refractivity contribution in [1.82, 2.24) is 9.78 Å². The van der Waals surface area contributed by atoms with E-state index in [-0.39, 0.29) is 0 Å². The Morgan fingerprint density at radius 2 is 1.65 bits per heavy atom. The molecule has 124 valence electrons. The number of nitriles is 1. The maximum absolute atomic E-state index is 9.19. The highest BCUT2D eigenvalue weighted by Crippen LogP contribution is 2.34. The lowest BCUT2D eigenvalue weighted by atomic mass is 10.2. The zero-order valence-electron chi connectivity index (χ0n) is 13.6. The van der Waals surface area contributed by atoms with Gasteiger partial charge in [0, 0.05) is 0 Å². The van der Waals surface area contributed by atoms with E-state index in [2.05, 4.69) is 21.4 Å². The molecule has 0 atom stereocenters. The van der Waals surface area contributed by atoms with Crippen molar-refractivity contribution in [2.45, 2.75) is 0 Å². The predicted octanol–water partition coefficient (Wildman–Crippen LogP) is 5.42. The second-order valence-electron chi connectivity index (χ2n) is 5.43. The van der Waals surface area contributed by atoms with Crippen molar-refractivity contribution < 1.29 is 4.42 Å². The van der Waals surface area contributed by atoms with E-state index < -0.39 is 0 Å². The molecule has 0 amide bonds. The highest BCUT2D eigenvalue weighted by Gasteiger charge is 2.17. The van der Waals surface area contributed by atoms with Crippen LogP contribution in [0.25, 0.3) is 17.1 Å². The summed E-state index contributed by atoms with van der Waals surface area (Å²) in [5.41, 5.74) is 3.10. The van der Waals surface area contributed by atoms with Gasteiger partial charge < -0.3 is 4.42 Å². The highest BCUT2D eigenvalue weighted by molar-refractivity contribution is 5.70. The third-order valence-electron chi connectivity index (χ3n) is 3.80. The fraction of sp³-hybridized carbons (Fsp3) is 0. The molecule has 6 heteroatoms. The first-order chi connectivity index (χ1) is 12.9. The van der Waals surface area contributed by atoms with E-state index in [1.54, 1.807) is 35.3 Å². The van der Waals surface area contributed by atoms with Gasteiger partial charge in [-0.15, -0.1) is 10.2 Å². The monoisotopic (exact) mass is 339 g/mol. The van der Waals surface area contributed by atoms with Crippen molar-refractivity contribution in [3.63, 3.8) is 0 Å². The molecular formula is C20H13N5O. The number of para-hydroxylation sites is 1. The van der Waals surface area contributed by atoms with Crippen LogP contribution in [0.15, 0.2) is 93.8 Å². The van der Waals surface area contributed by atoms with E-state index in [4.69, 9.17) is 4.42 Å². The van der Waals surface area contributed by atoms with Gasteiger partial charge in [0.1, 0.15) is 23.1 Å². The first-order valence-electron chi connectivity index (χ1n) is 7.95. The molecule has 4 rings (SSSR count). The van der Waals surface area contributed by atoms with E-state index in [9.17, 15) is 5.26 Å². The van der Waals surface area contributed by atoms with Crippen molar-refractivity contribution in [1.29, 1.82) is 5.26 Å². The Morgan fingerprint density at radius 1 is 0.885 bits per heavy atom. The van der Waals surface area contributed by atoms with E-state index in [0.717, 1.165) is 5.69 Å². The molecule has 0 radical (unpaired) electrons. The summed E-state index contributed by atoms with van der Waals surface area (Å²) in [4.78, 5) is 0. The average Bonchev–Trinajstić information content (AvgIpc) is 3.36. The van der Waals surface area contributed by atoms with Gasteiger partial charge in [-0.2, -0.15) is 10.4 Å². The third kappa shape index (κ3) is 2.89. The molecule has 4 aromatic rings.